The number of carbonyl (C=O) groups excluding carboxylic acids is 1. The van der Waals surface area contributed by atoms with Gasteiger partial charge in [-0.05, 0) is 56.9 Å². The fourth-order valence-electron chi connectivity index (χ4n) is 2.46. The minimum absolute atomic E-state index is 0.0139. The number of hydrogen-bond donors (Lipinski definition) is 2. The Hall–Kier alpha value is -1.55. The summed E-state index contributed by atoms with van der Waals surface area (Å²) in [6.45, 7) is 6.24. The number of hydrogen-bond acceptors (Lipinski definition) is 3. The molecule has 1 unspecified atom stereocenters. The molecule has 0 aromatic heterocycles. The molecule has 1 aliphatic rings. The van der Waals surface area contributed by atoms with Gasteiger partial charge in [0.15, 0.2) is 0 Å². The fourth-order valence-corrected chi connectivity index (χ4v) is 2.46. The van der Waals surface area contributed by atoms with Crippen molar-refractivity contribution in [3.63, 3.8) is 0 Å². The summed E-state index contributed by atoms with van der Waals surface area (Å²) in [5.74, 6) is 0.575. The van der Waals surface area contributed by atoms with Crippen molar-refractivity contribution in [1.29, 1.82) is 0 Å². The van der Waals surface area contributed by atoms with Crippen molar-refractivity contribution in [3.8, 4) is 0 Å². The Bertz CT molecular complexity index is 436. The van der Waals surface area contributed by atoms with Gasteiger partial charge in [-0.1, -0.05) is 0 Å². The van der Waals surface area contributed by atoms with Crippen molar-refractivity contribution < 1.29 is 4.79 Å². The lowest BCUT2D eigenvalue weighted by Crippen LogP contribution is -2.28. The van der Waals surface area contributed by atoms with E-state index in [1.165, 1.54) is 18.5 Å². The van der Waals surface area contributed by atoms with Gasteiger partial charge in [0.1, 0.15) is 0 Å². The molecule has 1 aliphatic carbocycles. The van der Waals surface area contributed by atoms with Crippen LogP contribution in [0.2, 0.25) is 0 Å². The number of nitrogens with two attached hydrogens (primary N) is 1. The van der Waals surface area contributed by atoms with Gasteiger partial charge in [-0.15, -0.1) is 0 Å². The van der Waals surface area contributed by atoms with Gasteiger partial charge < -0.3 is 16.0 Å². The van der Waals surface area contributed by atoms with E-state index in [4.69, 9.17) is 5.73 Å². The van der Waals surface area contributed by atoms with Gasteiger partial charge in [0.2, 0.25) is 5.91 Å². The van der Waals surface area contributed by atoms with E-state index in [0.717, 1.165) is 18.8 Å². The summed E-state index contributed by atoms with van der Waals surface area (Å²) in [6, 6.07) is 8.01. The molecule has 0 aliphatic heterocycles. The molecular weight excluding hydrogens is 250 g/mol. The minimum atomic E-state index is 0.0139. The maximum Gasteiger partial charge on any atom is 0.225 e. The zero-order chi connectivity index (χ0) is 14.5. The first-order chi connectivity index (χ1) is 9.63. The summed E-state index contributed by atoms with van der Waals surface area (Å²) >= 11 is 0. The largest absolute Gasteiger partial charge is 0.372 e. The number of carbonyl (C=O) groups is 1. The lowest BCUT2D eigenvalue weighted by atomic mass is 10.1. The Kier molecular flexibility index (Phi) is 5.01. The smallest absolute Gasteiger partial charge is 0.225 e. The van der Waals surface area contributed by atoms with Gasteiger partial charge in [0, 0.05) is 36.9 Å². The second-order valence-electron chi connectivity index (χ2n) is 5.47. The van der Waals surface area contributed by atoms with Gasteiger partial charge in [0.25, 0.3) is 0 Å². The molecule has 1 atom stereocenters. The molecule has 1 aromatic carbocycles. The molecule has 2 rings (SSSR count). The van der Waals surface area contributed by atoms with Crippen LogP contribution in [0.3, 0.4) is 0 Å². The molecule has 0 bridgehead atoms. The third kappa shape index (κ3) is 3.97. The van der Waals surface area contributed by atoms with Gasteiger partial charge >= 0.3 is 0 Å². The number of benzene rings is 1. The lowest BCUT2D eigenvalue weighted by Gasteiger charge is -2.21. The molecule has 4 nitrogen and oxygen atoms in total. The fraction of sp³-hybridized carbons (Fsp3) is 0.562. The zero-order valence-electron chi connectivity index (χ0n) is 12.4. The highest BCUT2D eigenvalue weighted by atomic mass is 16.1. The van der Waals surface area contributed by atoms with Gasteiger partial charge in [-0.3, -0.25) is 4.79 Å². The van der Waals surface area contributed by atoms with Crippen LogP contribution in [-0.2, 0) is 4.79 Å². The van der Waals surface area contributed by atoms with E-state index < -0.39 is 0 Å². The van der Waals surface area contributed by atoms with Crippen LogP contribution in [0.1, 0.15) is 33.1 Å². The van der Waals surface area contributed by atoms with Gasteiger partial charge in [-0.25, -0.2) is 0 Å². The Morgan fingerprint density at radius 2 is 1.90 bits per heavy atom. The Morgan fingerprint density at radius 3 is 2.40 bits per heavy atom. The molecule has 4 heteroatoms. The number of rotatable bonds is 7. The van der Waals surface area contributed by atoms with Gasteiger partial charge in [0.05, 0.1) is 0 Å². The molecule has 0 saturated heterocycles. The first kappa shape index (κ1) is 14.9. The first-order valence-corrected chi connectivity index (χ1v) is 7.54. The van der Waals surface area contributed by atoms with Crippen LogP contribution in [0.25, 0.3) is 0 Å². The molecule has 0 radical (unpaired) electrons. The van der Waals surface area contributed by atoms with Crippen molar-refractivity contribution in [3.05, 3.63) is 24.3 Å². The molecule has 1 fully saturated rings. The summed E-state index contributed by atoms with van der Waals surface area (Å²) in [7, 11) is 0. The summed E-state index contributed by atoms with van der Waals surface area (Å²) in [4.78, 5) is 14.2. The van der Waals surface area contributed by atoms with Crippen molar-refractivity contribution >= 4 is 17.3 Å². The SMILES string of the molecule is CCN(CC)c1ccc(NC(=O)CC(N)C2CC2)cc1. The van der Waals surface area contributed by atoms with E-state index in [1.807, 2.05) is 24.3 Å². The summed E-state index contributed by atoms with van der Waals surface area (Å²) in [5.41, 5.74) is 7.99. The Labute approximate surface area is 121 Å². The molecule has 1 amide bonds. The highest BCUT2D eigenvalue weighted by molar-refractivity contribution is 5.91. The standard InChI is InChI=1S/C16H25N3O/c1-3-19(4-2)14-9-7-13(8-10-14)18-16(20)11-15(17)12-5-6-12/h7-10,12,15H,3-6,11,17H2,1-2H3,(H,18,20). The van der Waals surface area contributed by atoms with E-state index in [0.29, 0.717) is 12.3 Å². The second kappa shape index (κ2) is 6.75. The predicted molar refractivity (Wildman–Crippen MR) is 83.9 cm³/mol. The van der Waals surface area contributed by atoms with E-state index >= 15 is 0 Å². The quantitative estimate of drug-likeness (QED) is 0.804. The molecule has 110 valence electrons. The average Bonchev–Trinajstić information content (AvgIpc) is 3.26. The highest BCUT2D eigenvalue weighted by Crippen LogP contribution is 2.32. The summed E-state index contributed by atoms with van der Waals surface area (Å²) in [5, 5.41) is 2.92. The molecule has 3 N–H and O–H groups in total. The maximum absolute atomic E-state index is 11.9. The third-order valence-electron chi connectivity index (χ3n) is 3.93. The van der Waals surface area contributed by atoms with Crippen LogP contribution >= 0.6 is 0 Å². The summed E-state index contributed by atoms with van der Waals surface area (Å²) < 4.78 is 0. The zero-order valence-corrected chi connectivity index (χ0v) is 12.4. The van der Waals surface area contributed by atoms with Crippen LogP contribution in [0, 0.1) is 5.92 Å². The normalized spacial score (nSPS) is 15.8. The topological polar surface area (TPSA) is 58.4 Å². The number of nitrogens with zero attached hydrogens (tertiary/aromatic N) is 1. The van der Waals surface area contributed by atoms with Crippen LogP contribution in [0.5, 0.6) is 0 Å². The van der Waals surface area contributed by atoms with Crippen molar-refractivity contribution in [1.82, 2.24) is 0 Å². The molecule has 0 heterocycles. The molecule has 0 spiro atoms. The van der Waals surface area contributed by atoms with Crippen LogP contribution in [0.4, 0.5) is 11.4 Å². The van der Waals surface area contributed by atoms with Crippen LogP contribution < -0.4 is 16.0 Å². The van der Waals surface area contributed by atoms with Crippen LogP contribution in [0.15, 0.2) is 24.3 Å². The third-order valence-corrected chi connectivity index (χ3v) is 3.93. The lowest BCUT2D eigenvalue weighted by molar-refractivity contribution is -0.116. The highest BCUT2D eigenvalue weighted by Gasteiger charge is 2.29. The second-order valence-corrected chi connectivity index (χ2v) is 5.47. The number of anilines is 2. The number of nitrogens with one attached hydrogen (secondary N) is 1. The van der Waals surface area contributed by atoms with E-state index in [9.17, 15) is 4.79 Å². The molecule has 1 aromatic rings. The van der Waals surface area contributed by atoms with Crippen molar-refractivity contribution in [2.75, 3.05) is 23.3 Å². The van der Waals surface area contributed by atoms with E-state index in [2.05, 4.69) is 24.1 Å². The first-order valence-electron chi connectivity index (χ1n) is 7.54. The Balaban J connectivity index is 1.87. The van der Waals surface area contributed by atoms with Crippen molar-refractivity contribution in [2.45, 2.75) is 39.2 Å². The monoisotopic (exact) mass is 275 g/mol. The van der Waals surface area contributed by atoms with Crippen LogP contribution in [-0.4, -0.2) is 25.0 Å². The minimum Gasteiger partial charge on any atom is -0.372 e. The van der Waals surface area contributed by atoms with Crippen molar-refractivity contribution in [2.24, 2.45) is 11.7 Å². The molecule has 1 saturated carbocycles. The predicted octanol–water partition coefficient (Wildman–Crippen LogP) is 2.60. The van der Waals surface area contributed by atoms with E-state index in [-0.39, 0.29) is 11.9 Å². The van der Waals surface area contributed by atoms with Gasteiger partial charge in [-0.2, -0.15) is 0 Å². The number of amides is 1. The summed E-state index contributed by atoms with van der Waals surface area (Å²) in [6.07, 6.45) is 2.77. The maximum atomic E-state index is 11.9. The average molecular weight is 275 g/mol. The Morgan fingerprint density at radius 1 is 1.30 bits per heavy atom. The molecule has 20 heavy (non-hydrogen) atoms. The van der Waals surface area contributed by atoms with E-state index in [1.54, 1.807) is 0 Å². The molecular formula is C16H25N3O.